The number of hydrogen-bond acceptors (Lipinski definition) is 5. The van der Waals surface area contributed by atoms with Gasteiger partial charge in [-0.1, -0.05) is 54.1 Å². The third kappa shape index (κ3) is 5.60. The number of carbonyl (C=O) groups excluding carboxylic acids is 3. The van der Waals surface area contributed by atoms with Crippen molar-refractivity contribution in [3.05, 3.63) is 70.7 Å². The van der Waals surface area contributed by atoms with E-state index in [4.69, 9.17) is 21.1 Å². The maximum atomic E-state index is 12.1. The number of esters is 2. The van der Waals surface area contributed by atoms with Crippen LogP contribution < -0.4 is 5.32 Å². The monoisotopic (exact) mass is 375 g/mol. The third-order valence-electron chi connectivity index (χ3n) is 3.53. The van der Waals surface area contributed by atoms with E-state index in [0.29, 0.717) is 0 Å². The fourth-order valence-electron chi connectivity index (χ4n) is 2.26. The lowest BCUT2D eigenvalue weighted by Crippen LogP contribution is -2.44. The maximum Gasteiger partial charge on any atom is 0.340 e. The predicted octanol–water partition coefficient (Wildman–Crippen LogP) is 2.40. The van der Waals surface area contributed by atoms with Gasteiger partial charge in [0.05, 0.1) is 17.7 Å². The Kier molecular flexibility index (Phi) is 7.17. The summed E-state index contributed by atoms with van der Waals surface area (Å²) in [6.45, 7) is -0.535. The summed E-state index contributed by atoms with van der Waals surface area (Å²) >= 11 is 5.91. The van der Waals surface area contributed by atoms with Gasteiger partial charge in [0.25, 0.3) is 5.91 Å². The van der Waals surface area contributed by atoms with Gasteiger partial charge in [0.15, 0.2) is 6.61 Å². The number of methoxy groups -OCH3 is 1. The van der Waals surface area contributed by atoms with Crippen LogP contribution in [0.25, 0.3) is 0 Å². The minimum atomic E-state index is -0.881. The van der Waals surface area contributed by atoms with Crippen molar-refractivity contribution in [2.24, 2.45) is 0 Å². The van der Waals surface area contributed by atoms with Crippen LogP contribution in [0.4, 0.5) is 0 Å². The topological polar surface area (TPSA) is 81.7 Å². The van der Waals surface area contributed by atoms with E-state index in [1.165, 1.54) is 13.2 Å². The van der Waals surface area contributed by atoms with Crippen molar-refractivity contribution in [1.82, 2.24) is 5.32 Å². The third-order valence-corrected chi connectivity index (χ3v) is 3.86. The van der Waals surface area contributed by atoms with Gasteiger partial charge in [0.2, 0.25) is 0 Å². The number of hydrogen-bond donors (Lipinski definition) is 1. The Labute approximate surface area is 156 Å². The van der Waals surface area contributed by atoms with E-state index in [9.17, 15) is 14.4 Å². The zero-order valence-corrected chi connectivity index (χ0v) is 14.9. The van der Waals surface area contributed by atoms with E-state index in [1.54, 1.807) is 18.2 Å². The molecule has 0 unspecified atom stereocenters. The molecule has 0 spiro atoms. The van der Waals surface area contributed by atoms with Gasteiger partial charge in [-0.3, -0.25) is 4.79 Å². The Hall–Kier alpha value is -2.86. The van der Waals surface area contributed by atoms with Gasteiger partial charge >= 0.3 is 11.9 Å². The molecule has 136 valence electrons. The highest BCUT2D eigenvalue weighted by Gasteiger charge is 2.23. The smallest absolute Gasteiger partial charge is 0.340 e. The lowest BCUT2D eigenvalue weighted by atomic mass is 10.1. The van der Waals surface area contributed by atoms with E-state index >= 15 is 0 Å². The summed E-state index contributed by atoms with van der Waals surface area (Å²) < 4.78 is 9.66. The normalized spacial score (nSPS) is 11.3. The number of amides is 1. The SMILES string of the molecule is COC(=O)[C@H](Cc1ccccc1)NC(=O)COC(=O)c1ccccc1Cl. The Morgan fingerprint density at radius 1 is 1.04 bits per heavy atom. The molecule has 0 heterocycles. The highest BCUT2D eigenvalue weighted by molar-refractivity contribution is 6.33. The molecule has 2 rings (SSSR count). The van der Waals surface area contributed by atoms with Crippen molar-refractivity contribution in [2.45, 2.75) is 12.5 Å². The first kappa shape index (κ1) is 19.5. The molecule has 0 aliphatic rings. The van der Waals surface area contributed by atoms with E-state index in [-0.39, 0.29) is 17.0 Å². The second-order valence-electron chi connectivity index (χ2n) is 5.39. The highest BCUT2D eigenvalue weighted by Crippen LogP contribution is 2.15. The van der Waals surface area contributed by atoms with Crippen LogP contribution in [0.2, 0.25) is 5.02 Å². The molecule has 1 atom stereocenters. The number of halogens is 1. The minimum Gasteiger partial charge on any atom is -0.467 e. The Morgan fingerprint density at radius 2 is 1.69 bits per heavy atom. The van der Waals surface area contributed by atoms with Crippen LogP contribution >= 0.6 is 11.6 Å². The first-order chi connectivity index (χ1) is 12.5. The van der Waals surface area contributed by atoms with Crippen LogP contribution in [-0.2, 0) is 25.5 Å². The average molecular weight is 376 g/mol. The first-order valence-corrected chi connectivity index (χ1v) is 8.22. The molecule has 1 amide bonds. The van der Waals surface area contributed by atoms with E-state index in [2.05, 4.69) is 5.32 Å². The molecule has 1 N–H and O–H groups in total. The number of rotatable bonds is 7. The molecule has 0 aliphatic carbocycles. The number of ether oxygens (including phenoxy) is 2. The number of nitrogens with one attached hydrogen (secondary N) is 1. The molecule has 26 heavy (non-hydrogen) atoms. The summed E-state index contributed by atoms with van der Waals surface area (Å²) in [5.41, 5.74) is 1.02. The van der Waals surface area contributed by atoms with Crippen molar-refractivity contribution < 1.29 is 23.9 Å². The van der Waals surface area contributed by atoms with E-state index < -0.39 is 30.5 Å². The fraction of sp³-hybridized carbons (Fsp3) is 0.211. The molecule has 7 heteroatoms. The van der Waals surface area contributed by atoms with Gasteiger partial charge in [-0.25, -0.2) is 9.59 Å². The Bertz CT molecular complexity index is 779. The van der Waals surface area contributed by atoms with Gasteiger partial charge in [-0.15, -0.1) is 0 Å². The largest absolute Gasteiger partial charge is 0.467 e. The van der Waals surface area contributed by atoms with Crippen molar-refractivity contribution in [2.75, 3.05) is 13.7 Å². The van der Waals surface area contributed by atoms with Crippen LogP contribution in [0, 0.1) is 0 Å². The Morgan fingerprint density at radius 3 is 2.35 bits per heavy atom. The lowest BCUT2D eigenvalue weighted by Gasteiger charge is -2.16. The quantitative estimate of drug-likeness (QED) is 0.751. The average Bonchev–Trinajstić information content (AvgIpc) is 2.66. The summed E-state index contributed by atoms with van der Waals surface area (Å²) in [7, 11) is 1.24. The molecule has 0 aromatic heterocycles. The minimum absolute atomic E-state index is 0.163. The van der Waals surface area contributed by atoms with Gasteiger partial charge in [-0.2, -0.15) is 0 Å². The molecule has 2 aromatic carbocycles. The van der Waals surface area contributed by atoms with Crippen LogP contribution in [-0.4, -0.2) is 37.6 Å². The molecule has 2 aromatic rings. The van der Waals surface area contributed by atoms with Crippen LogP contribution in [0.3, 0.4) is 0 Å². The van der Waals surface area contributed by atoms with Crippen molar-refractivity contribution >= 4 is 29.4 Å². The second-order valence-corrected chi connectivity index (χ2v) is 5.80. The van der Waals surface area contributed by atoms with Crippen molar-refractivity contribution in [1.29, 1.82) is 0 Å². The Balaban J connectivity index is 1.93. The van der Waals surface area contributed by atoms with Crippen molar-refractivity contribution in [3.8, 4) is 0 Å². The highest BCUT2D eigenvalue weighted by atomic mass is 35.5. The van der Waals surface area contributed by atoms with Crippen LogP contribution in [0.1, 0.15) is 15.9 Å². The number of benzene rings is 2. The van der Waals surface area contributed by atoms with Gasteiger partial charge < -0.3 is 14.8 Å². The van der Waals surface area contributed by atoms with Crippen LogP contribution in [0.5, 0.6) is 0 Å². The van der Waals surface area contributed by atoms with Crippen molar-refractivity contribution in [3.63, 3.8) is 0 Å². The molecule has 0 radical (unpaired) electrons. The fourth-order valence-corrected chi connectivity index (χ4v) is 2.47. The summed E-state index contributed by atoms with van der Waals surface area (Å²) in [5.74, 6) is -1.92. The van der Waals surface area contributed by atoms with Gasteiger partial charge in [0.1, 0.15) is 6.04 Å². The molecular formula is C19H18ClNO5. The first-order valence-electron chi connectivity index (χ1n) is 7.84. The molecule has 0 saturated heterocycles. The maximum absolute atomic E-state index is 12.1. The second kappa shape index (κ2) is 9.58. The van der Waals surface area contributed by atoms with Gasteiger partial charge in [0, 0.05) is 6.42 Å². The molecule has 0 aliphatic heterocycles. The summed E-state index contributed by atoms with van der Waals surface area (Å²) in [6.07, 6.45) is 0.262. The summed E-state index contributed by atoms with van der Waals surface area (Å²) in [4.78, 5) is 35.9. The summed E-state index contributed by atoms with van der Waals surface area (Å²) in [6, 6.07) is 14.6. The van der Waals surface area contributed by atoms with E-state index in [0.717, 1.165) is 5.56 Å². The molecule has 0 fully saturated rings. The van der Waals surface area contributed by atoms with Gasteiger partial charge in [-0.05, 0) is 17.7 Å². The van der Waals surface area contributed by atoms with Crippen LogP contribution in [0.15, 0.2) is 54.6 Å². The zero-order valence-electron chi connectivity index (χ0n) is 14.1. The molecular weight excluding hydrogens is 358 g/mol. The molecule has 6 nitrogen and oxygen atoms in total. The summed E-state index contributed by atoms with van der Waals surface area (Å²) in [5, 5.41) is 2.74. The zero-order chi connectivity index (χ0) is 18.9. The standard InChI is InChI=1S/C19H18ClNO5/c1-25-19(24)16(11-13-7-3-2-4-8-13)21-17(22)12-26-18(23)14-9-5-6-10-15(14)20/h2-10,16H,11-12H2,1H3,(H,21,22)/t16-/m0/s1. The molecule has 0 saturated carbocycles. The predicted molar refractivity (Wildman–Crippen MR) is 95.8 cm³/mol. The molecule has 0 bridgehead atoms. The van der Waals surface area contributed by atoms with E-state index in [1.807, 2.05) is 30.3 Å². The lowest BCUT2D eigenvalue weighted by molar-refractivity contribution is -0.145. The number of carbonyl (C=O) groups is 3.